The molecule has 0 fully saturated rings. The number of aromatic nitrogens is 1. The molecule has 1 atom stereocenters. The maximum Gasteiger partial charge on any atom is 0.222 e. The van der Waals surface area contributed by atoms with Crippen molar-refractivity contribution in [2.75, 3.05) is 26.6 Å². The van der Waals surface area contributed by atoms with Gasteiger partial charge in [0.25, 0.3) is 0 Å². The highest BCUT2D eigenvalue weighted by atomic mass is 16.5. The second-order valence-electron chi connectivity index (χ2n) is 3.92. The lowest BCUT2D eigenvalue weighted by atomic mass is 10.1. The molecule has 0 aliphatic heterocycles. The molecule has 0 aliphatic carbocycles. The summed E-state index contributed by atoms with van der Waals surface area (Å²) in [5, 5.41) is 3.86. The molecule has 0 aliphatic rings. The molecule has 5 heteroatoms. The van der Waals surface area contributed by atoms with Crippen molar-refractivity contribution in [3.63, 3.8) is 0 Å². The highest BCUT2D eigenvalue weighted by molar-refractivity contribution is 5.61. The first-order valence-corrected chi connectivity index (χ1v) is 5.59. The van der Waals surface area contributed by atoms with Crippen LogP contribution in [-0.4, -0.2) is 26.0 Å². The highest BCUT2D eigenvalue weighted by Crippen LogP contribution is 2.23. The van der Waals surface area contributed by atoms with Gasteiger partial charge in [-0.05, 0) is 5.56 Å². The van der Waals surface area contributed by atoms with Gasteiger partial charge in [0.15, 0.2) is 0 Å². The summed E-state index contributed by atoms with van der Waals surface area (Å²) in [5.74, 6) is 0.309. The van der Waals surface area contributed by atoms with Gasteiger partial charge in [-0.1, -0.05) is 29.4 Å². The van der Waals surface area contributed by atoms with E-state index in [1.165, 1.54) is 0 Å². The molecule has 1 aromatic carbocycles. The van der Waals surface area contributed by atoms with Gasteiger partial charge in [0.1, 0.15) is 11.8 Å². The Kier molecular flexibility index (Phi) is 3.96. The average Bonchev–Trinajstić information content (AvgIpc) is 2.83. The largest absolute Gasteiger partial charge is 0.382 e. The fourth-order valence-corrected chi connectivity index (χ4v) is 1.75. The van der Waals surface area contributed by atoms with E-state index in [0.29, 0.717) is 12.5 Å². The third kappa shape index (κ3) is 2.69. The molecular weight excluding hydrogens is 232 g/mol. The van der Waals surface area contributed by atoms with Crippen LogP contribution in [0.4, 0.5) is 5.88 Å². The molecule has 0 saturated heterocycles. The van der Waals surface area contributed by atoms with Crippen LogP contribution in [0.1, 0.15) is 11.7 Å². The van der Waals surface area contributed by atoms with Crippen molar-refractivity contribution in [3.05, 3.63) is 35.9 Å². The van der Waals surface area contributed by atoms with Crippen LogP contribution in [-0.2, 0) is 9.47 Å². The SMILES string of the molecule is COCC(OC)c1ccc(-c2cc(N)on2)cc1. The van der Waals surface area contributed by atoms with Crippen LogP contribution in [0.25, 0.3) is 11.3 Å². The van der Waals surface area contributed by atoms with Crippen LogP contribution in [0.5, 0.6) is 0 Å². The van der Waals surface area contributed by atoms with Gasteiger partial charge < -0.3 is 19.7 Å². The summed E-state index contributed by atoms with van der Waals surface area (Å²) < 4.78 is 15.3. The maximum atomic E-state index is 5.49. The Balaban J connectivity index is 2.19. The van der Waals surface area contributed by atoms with Crippen LogP contribution in [0.15, 0.2) is 34.9 Å². The molecule has 5 nitrogen and oxygen atoms in total. The molecule has 0 bridgehead atoms. The molecule has 1 unspecified atom stereocenters. The van der Waals surface area contributed by atoms with Crippen molar-refractivity contribution in [1.29, 1.82) is 0 Å². The molecule has 2 aromatic rings. The number of nitrogens with zero attached hydrogens (tertiary/aromatic N) is 1. The first kappa shape index (κ1) is 12.6. The van der Waals surface area contributed by atoms with Crippen LogP contribution in [0.2, 0.25) is 0 Å². The Morgan fingerprint density at radius 1 is 1.28 bits per heavy atom. The standard InChI is InChI=1S/C13H16N2O3/c1-16-8-12(17-2)10-5-3-9(4-6-10)11-7-13(14)18-15-11/h3-7,12H,8,14H2,1-2H3. The molecule has 0 saturated carbocycles. The number of nitrogen functional groups attached to an aromatic ring is 1. The number of anilines is 1. The zero-order chi connectivity index (χ0) is 13.0. The Labute approximate surface area is 105 Å². The Bertz CT molecular complexity index is 493. The molecule has 0 amide bonds. The van der Waals surface area contributed by atoms with Gasteiger partial charge in [-0.15, -0.1) is 0 Å². The summed E-state index contributed by atoms with van der Waals surface area (Å²) in [5.41, 5.74) is 8.22. The summed E-state index contributed by atoms with van der Waals surface area (Å²) in [6, 6.07) is 9.56. The number of hydrogen-bond donors (Lipinski definition) is 1. The second kappa shape index (κ2) is 5.66. The minimum Gasteiger partial charge on any atom is -0.382 e. The van der Waals surface area contributed by atoms with E-state index in [4.69, 9.17) is 19.7 Å². The third-order valence-electron chi connectivity index (χ3n) is 2.71. The van der Waals surface area contributed by atoms with Gasteiger partial charge in [-0.3, -0.25) is 0 Å². The molecule has 0 radical (unpaired) electrons. The van der Waals surface area contributed by atoms with E-state index in [0.717, 1.165) is 16.8 Å². The molecule has 18 heavy (non-hydrogen) atoms. The first-order valence-electron chi connectivity index (χ1n) is 5.59. The van der Waals surface area contributed by atoms with E-state index in [1.54, 1.807) is 20.3 Å². The lowest BCUT2D eigenvalue weighted by molar-refractivity contribution is 0.0275. The van der Waals surface area contributed by atoms with Crippen molar-refractivity contribution < 1.29 is 14.0 Å². The second-order valence-corrected chi connectivity index (χ2v) is 3.92. The van der Waals surface area contributed by atoms with E-state index in [9.17, 15) is 0 Å². The quantitative estimate of drug-likeness (QED) is 0.878. The van der Waals surface area contributed by atoms with Crippen molar-refractivity contribution >= 4 is 5.88 Å². The third-order valence-corrected chi connectivity index (χ3v) is 2.71. The summed E-state index contributed by atoms with van der Waals surface area (Å²) in [7, 11) is 3.31. The van der Waals surface area contributed by atoms with E-state index in [-0.39, 0.29) is 6.10 Å². The number of benzene rings is 1. The summed E-state index contributed by atoms with van der Waals surface area (Å²) >= 11 is 0. The molecule has 96 valence electrons. The van der Waals surface area contributed by atoms with E-state index >= 15 is 0 Å². The van der Waals surface area contributed by atoms with Crippen molar-refractivity contribution in [2.24, 2.45) is 0 Å². The van der Waals surface area contributed by atoms with Gasteiger partial charge in [0.05, 0.1) is 6.61 Å². The van der Waals surface area contributed by atoms with E-state index in [2.05, 4.69) is 5.16 Å². The molecule has 2 N–H and O–H groups in total. The van der Waals surface area contributed by atoms with Crippen molar-refractivity contribution in [3.8, 4) is 11.3 Å². The average molecular weight is 248 g/mol. The lowest BCUT2D eigenvalue weighted by Crippen LogP contribution is -2.08. The predicted molar refractivity (Wildman–Crippen MR) is 68.0 cm³/mol. The highest BCUT2D eigenvalue weighted by Gasteiger charge is 2.11. The normalized spacial score (nSPS) is 12.6. The fraction of sp³-hybridized carbons (Fsp3) is 0.308. The van der Waals surface area contributed by atoms with Crippen LogP contribution < -0.4 is 5.73 Å². The number of rotatable bonds is 5. The number of hydrogen-bond acceptors (Lipinski definition) is 5. The molecule has 1 aromatic heterocycles. The summed E-state index contributed by atoms with van der Waals surface area (Å²) in [6.07, 6.45) is -0.0635. The van der Waals surface area contributed by atoms with Gasteiger partial charge in [0.2, 0.25) is 5.88 Å². The minimum atomic E-state index is -0.0635. The summed E-state index contributed by atoms with van der Waals surface area (Å²) in [4.78, 5) is 0. The lowest BCUT2D eigenvalue weighted by Gasteiger charge is -2.14. The topological polar surface area (TPSA) is 70.5 Å². The van der Waals surface area contributed by atoms with E-state index in [1.807, 2.05) is 24.3 Å². The zero-order valence-electron chi connectivity index (χ0n) is 10.4. The van der Waals surface area contributed by atoms with Crippen LogP contribution in [0.3, 0.4) is 0 Å². The molecule has 2 rings (SSSR count). The Morgan fingerprint density at radius 2 is 2.00 bits per heavy atom. The smallest absolute Gasteiger partial charge is 0.222 e. The Morgan fingerprint density at radius 3 is 2.50 bits per heavy atom. The number of methoxy groups -OCH3 is 2. The van der Waals surface area contributed by atoms with Crippen molar-refractivity contribution in [1.82, 2.24) is 5.16 Å². The number of nitrogens with two attached hydrogens (primary N) is 1. The molecule has 1 heterocycles. The fourth-order valence-electron chi connectivity index (χ4n) is 1.75. The first-order chi connectivity index (χ1) is 8.74. The minimum absolute atomic E-state index is 0.0635. The van der Waals surface area contributed by atoms with Gasteiger partial charge in [-0.2, -0.15) is 0 Å². The van der Waals surface area contributed by atoms with Crippen molar-refractivity contribution in [2.45, 2.75) is 6.10 Å². The molecule has 0 spiro atoms. The summed E-state index contributed by atoms with van der Waals surface area (Å²) in [6.45, 7) is 0.521. The predicted octanol–water partition coefficient (Wildman–Crippen LogP) is 2.26. The van der Waals surface area contributed by atoms with Gasteiger partial charge >= 0.3 is 0 Å². The number of ether oxygens (including phenoxy) is 2. The van der Waals surface area contributed by atoms with Gasteiger partial charge in [-0.25, -0.2) is 0 Å². The monoisotopic (exact) mass is 248 g/mol. The van der Waals surface area contributed by atoms with Crippen LogP contribution in [0, 0.1) is 0 Å². The van der Waals surface area contributed by atoms with E-state index < -0.39 is 0 Å². The van der Waals surface area contributed by atoms with Gasteiger partial charge in [0, 0.05) is 25.8 Å². The Hall–Kier alpha value is -1.85. The van der Waals surface area contributed by atoms with Crippen LogP contribution >= 0.6 is 0 Å². The zero-order valence-corrected chi connectivity index (χ0v) is 10.4. The molecular formula is C13H16N2O3. The maximum absolute atomic E-state index is 5.49.